The SMILES string of the molecule is COc1ccc(S(=O)(=O)N(C)Cc2nc(-c3ccccc3Cl)no2)cc1OC. The number of rotatable bonds is 7. The van der Waals surface area contributed by atoms with E-state index in [-0.39, 0.29) is 23.2 Å². The minimum absolute atomic E-state index is 0.0542. The number of ether oxygens (including phenoxy) is 2. The zero-order chi connectivity index (χ0) is 20.3. The summed E-state index contributed by atoms with van der Waals surface area (Å²) in [6.07, 6.45) is 0. The van der Waals surface area contributed by atoms with Gasteiger partial charge in [-0.1, -0.05) is 28.9 Å². The Labute approximate surface area is 167 Å². The van der Waals surface area contributed by atoms with Gasteiger partial charge in [0.1, 0.15) is 0 Å². The summed E-state index contributed by atoms with van der Waals surface area (Å²) in [5, 5.41) is 4.35. The van der Waals surface area contributed by atoms with Crippen molar-refractivity contribution in [3.8, 4) is 22.9 Å². The fourth-order valence-electron chi connectivity index (χ4n) is 2.50. The average molecular weight is 424 g/mol. The first kappa shape index (κ1) is 20.1. The van der Waals surface area contributed by atoms with Gasteiger partial charge in [0.05, 0.1) is 30.7 Å². The van der Waals surface area contributed by atoms with Gasteiger partial charge >= 0.3 is 0 Å². The highest BCUT2D eigenvalue weighted by Gasteiger charge is 2.25. The van der Waals surface area contributed by atoms with Gasteiger partial charge in [-0.25, -0.2) is 8.42 Å². The number of halogens is 1. The molecule has 1 aromatic heterocycles. The number of nitrogens with zero attached hydrogens (tertiary/aromatic N) is 3. The molecule has 0 bridgehead atoms. The second kappa shape index (κ2) is 8.17. The first-order valence-corrected chi connectivity index (χ1v) is 9.94. The van der Waals surface area contributed by atoms with Gasteiger partial charge in [0, 0.05) is 18.7 Å². The van der Waals surface area contributed by atoms with E-state index in [4.69, 9.17) is 25.6 Å². The standard InChI is InChI=1S/C18H18ClN3O5S/c1-22(28(23,24)12-8-9-15(25-2)16(10-12)26-3)11-17-20-18(21-27-17)13-6-4-5-7-14(13)19/h4-10H,11H2,1-3H3. The zero-order valence-electron chi connectivity index (χ0n) is 15.4. The quantitative estimate of drug-likeness (QED) is 0.575. The molecule has 3 rings (SSSR count). The molecule has 0 aliphatic rings. The molecule has 0 aliphatic heterocycles. The van der Waals surface area contributed by atoms with E-state index < -0.39 is 10.0 Å². The second-order valence-corrected chi connectivity index (χ2v) is 8.22. The predicted molar refractivity (Wildman–Crippen MR) is 103 cm³/mol. The van der Waals surface area contributed by atoms with Crippen molar-refractivity contribution in [2.24, 2.45) is 0 Å². The van der Waals surface area contributed by atoms with Gasteiger partial charge in [0.15, 0.2) is 11.5 Å². The highest BCUT2D eigenvalue weighted by atomic mass is 35.5. The van der Waals surface area contributed by atoms with E-state index in [0.717, 1.165) is 4.31 Å². The molecule has 0 N–H and O–H groups in total. The van der Waals surface area contributed by atoms with Crippen molar-refractivity contribution in [2.75, 3.05) is 21.3 Å². The molecule has 0 saturated heterocycles. The number of benzene rings is 2. The summed E-state index contributed by atoms with van der Waals surface area (Å²) in [5.41, 5.74) is 0.601. The average Bonchev–Trinajstić information content (AvgIpc) is 3.15. The van der Waals surface area contributed by atoms with Crippen LogP contribution in [0.2, 0.25) is 5.02 Å². The fraction of sp³-hybridized carbons (Fsp3) is 0.222. The maximum absolute atomic E-state index is 12.9. The molecule has 0 amide bonds. The summed E-state index contributed by atoms with van der Waals surface area (Å²) >= 11 is 6.13. The molecular formula is C18H18ClN3O5S. The third-order valence-electron chi connectivity index (χ3n) is 4.00. The van der Waals surface area contributed by atoms with Gasteiger partial charge < -0.3 is 14.0 Å². The Kier molecular flexibility index (Phi) is 5.87. The Morgan fingerprint density at radius 2 is 1.82 bits per heavy atom. The molecule has 0 spiro atoms. The minimum atomic E-state index is -3.81. The highest BCUT2D eigenvalue weighted by Crippen LogP contribution is 2.31. The maximum Gasteiger partial charge on any atom is 0.243 e. The minimum Gasteiger partial charge on any atom is -0.493 e. The largest absolute Gasteiger partial charge is 0.493 e. The van der Waals surface area contributed by atoms with Crippen molar-refractivity contribution in [3.05, 3.63) is 53.4 Å². The molecule has 0 radical (unpaired) electrons. The molecule has 3 aromatic rings. The van der Waals surface area contributed by atoms with Crippen molar-refractivity contribution in [1.29, 1.82) is 0 Å². The molecule has 1 heterocycles. The van der Waals surface area contributed by atoms with E-state index in [0.29, 0.717) is 22.1 Å². The van der Waals surface area contributed by atoms with E-state index >= 15 is 0 Å². The number of sulfonamides is 1. The van der Waals surface area contributed by atoms with E-state index in [1.807, 2.05) is 0 Å². The molecule has 148 valence electrons. The summed E-state index contributed by atoms with van der Waals surface area (Å²) in [4.78, 5) is 4.29. The van der Waals surface area contributed by atoms with E-state index in [9.17, 15) is 8.42 Å². The van der Waals surface area contributed by atoms with Gasteiger partial charge in [-0.2, -0.15) is 9.29 Å². The lowest BCUT2D eigenvalue weighted by Gasteiger charge is -2.16. The third-order valence-corrected chi connectivity index (χ3v) is 6.13. The van der Waals surface area contributed by atoms with Crippen LogP contribution in [-0.4, -0.2) is 44.1 Å². The molecule has 0 aliphatic carbocycles. The van der Waals surface area contributed by atoms with Crippen LogP contribution in [0.25, 0.3) is 11.4 Å². The first-order chi connectivity index (χ1) is 13.4. The van der Waals surface area contributed by atoms with Gasteiger partial charge in [-0.3, -0.25) is 0 Å². The van der Waals surface area contributed by atoms with Crippen molar-refractivity contribution < 1.29 is 22.4 Å². The summed E-state index contributed by atoms with van der Waals surface area (Å²) < 4.78 is 42.3. The Bertz CT molecular complexity index is 1080. The van der Waals surface area contributed by atoms with E-state index in [1.165, 1.54) is 39.5 Å². The Morgan fingerprint density at radius 3 is 2.50 bits per heavy atom. The molecule has 0 unspecified atom stereocenters. The molecule has 10 heteroatoms. The smallest absolute Gasteiger partial charge is 0.243 e. The van der Waals surface area contributed by atoms with Gasteiger partial charge in [-0.15, -0.1) is 0 Å². The van der Waals surface area contributed by atoms with E-state index in [2.05, 4.69) is 10.1 Å². The van der Waals surface area contributed by atoms with Crippen LogP contribution < -0.4 is 9.47 Å². The summed E-state index contributed by atoms with van der Waals surface area (Å²) in [6, 6.07) is 11.4. The molecule has 0 fully saturated rings. The molecule has 28 heavy (non-hydrogen) atoms. The predicted octanol–water partition coefficient (Wildman–Crippen LogP) is 3.23. The van der Waals surface area contributed by atoms with Crippen molar-refractivity contribution in [1.82, 2.24) is 14.4 Å². The van der Waals surface area contributed by atoms with Crippen LogP contribution >= 0.6 is 11.6 Å². The molecular weight excluding hydrogens is 406 g/mol. The van der Waals surface area contributed by atoms with Crippen LogP contribution in [0.15, 0.2) is 51.9 Å². The Morgan fingerprint density at radius 1 is 1.11 bits per heavy atom. The van der Waals surface area contributed by atoms with Crippen LogP contribution in [0.1, 0.15) is 5.89 Å². The number of hydrogen-bond acceptors (Lipinski definition) is 7. The lowest BCUT2D eigenvalue weighted by atomic mass is 10.2. The van der Waals surface area contributed by atoms with Gasteiger partial charge in [0.2, 0.25) is 21.7 Å². The van der Waals surface area contributed by atoms with Crippen molar-refractivity contribution in [2.45, 2.75) is 11.4 Å². The number of methoxy groups -OCH3 is 2. The Balaban J connectivity index is 1.83. The topological polar surface area (TPSA) is 94.8 Å². The molecule has 0 atom stereocenters. The maximum atomic E-state index is 12.9. The number of aromatic nitrogens is 2. The summed E-state index contributed by atoms with van der Waals surface area (Å²) in [6.45, 7) is -0.103. The monoisotopic (exact) mass is 423 g/mol. The van der Waals surface area contributed by atoms with Crippen molar-refractivity contribution in [3.63, 3.8) is 0 Å². The third kappa shape index (κ3) is 3.96. The first-order valence-electron chi connectivity index (χ1n) is 8.12. The highest BCUT2D eigenvalue weighted by molar-refractivity contribution is 7.89. The second-order valence-electron chi connectivity index (χ2n) is 5.77. The van der Waals surface area contributed by atoms with Gasteiger partial charge in [0.25, 0.3) is 0 Å². The molecule has 2 aromatic carbocycles. The Hall–Kier alpha value is -2.62. The van der Waals surface area contributed by atoms with Gasteiger partial charge in [-0.05, 0) is 24.3 Å². The zero-order valence-corrected chi connectivity index (χ0v) is 17.0. The number of hydrogen-bond donors (Lipinski definition) is 0. The van der Waals surface area contributed by atoms with Crippen LogP contribution in [-0.2, 0) is 16.6 Å². The lowest BCUT2D eigenvalue weighted by molar-refractivity contribution is 0.336. The van der Waals surface area contributed by atoms with Crippen molar-refractivity contribution >= 4 is 21.6 Å². The normalized spacial score (nSPS) is 11.6. The van der Waals surface area contributed by atoms with Crippen LogP contribution in [0.5, 0.6) is 11.5 Å². The van der Waals surface area contributed by atoms with E-state index in [1.54, 1.807) is 24.3 Å². The summed E-state index contributed by atoms with van der Waals surface area (Å²) in [5.74, 6) is 1.18. The fourth-order valence-corrected chi connectivity index (χ4v) is 3.86. The lowest BCUT2D eigenvalue weighted by Crippen LogP contribution is -2.26. The molecule has 0 saturated carbocycles. The van der Waals surface area contributed by atoms with Crippen LogP contribution in [0.3, 0.4) is 0 Å². The summed E-state index contributed by atoms with van der Waals surface area (Å²) in [7, 11) is 0.521. The van der Waals surface area contributed by atoms with Crippen LogP contribution in [0, 0.1) is 0 Å². The van der Waals surface area contributed by atoms with Crippen LogP contribution in [0.4, 0.5) is 0 Å². The molecule has 8 nitrogen and oxygen atoms in total.